The lowest BCUT2D eigenvalue weighted by atomic mass is 9.81. The van der Waals surface area contributed by atoms with Gasteiger partial charge >= 0.3 is 0 Å². The van der Waals surface area contributed by atoms with Crippen molar-refractivity contribution >= 4 is 17.8 Å². The highest BCUT2D eigenvalue weighted by atomic mass is 35.5. The Morgan fingerprint density at radius 1 is 1.33 bits per heavy atom. The Kier molecular flexibility index (Phi) is 2.59. The van der Waals surface area contributed by atoms with Crippen LogP contribution >= 0.6 is 11.6 Å². The highest BCUT2D eigenvalue weighted by molar-refractivity contribution is 6.30. The third-order valence-corrected chi connectivity index (χ3v) is 3.15. The molecule has 2 rings (SSSR count). The van der Waals surface area contributed by atoms with Crippen molar-refractivity contribution < 1.29 is 0 Å². The summed E-state index contributed by atoms with van der Waals surface area (Å²) < 4.78 is 0. The minimum Gasteiger partial charge on any atom is -0.288 e. The van der Waals surface area contributed by atoms with E-state index in [0.29, 0.717) is 6.04 Å². The average Bonchev–Trinajstić information content (AvgIpc) is 2.15. The molecule has 1 aliphatic heterocycles. The van der Waals surface area contributed by atoms with Gasteiger partial charge in [-0.15, -0.1) is 0 Å². The summed E-state index contributed by atoms with van der Waals surface area (Å²) in [5, 5.41) is 0.816. The zero-order valence-corrected chi connectivity index (χ0v) is 10.2. The minimum absolute atomic E-state index is 0.219. The number of nitrogens with zero attached hydrogens (tertiary/aromatic N) is 1. The van der Waals surface area contributed by atoms with Crippen LogP contribution in [0.15, 0.2) is 23.2 Å². The Morgan fingerprint density at radius 2 is 2.07 bits per heavy atom. The van der Waals surface area contributed by atoms with Crippen LogP contribution in [0.5, 0.6) is 0 Å². The molecule has 1 atom stereocenters. The summed E-state index contributed by atoms with van der Waals surface area (Å²) in [7, 11) is 0. The molecule has 1 aromatic carbocycles. The summed E-state index contributed by atoms with van der Waals surface area (Å²) in [6, 6.07) is 6.38. The first kappa shape index (κ1) is 10.7. The lowest BCUT2D eigenvalue weighted by Gasteiger charge is -2.30. The van der Waals surface area contributed by atoms with Crippen LogP contribution in [-0.4, -0.2) is 12.3 Å². The number of hydrogen-bond acceptors (Lipinski definition) is 1. The molecule has 0 saturated carbocycles. The molecule has 0 aromatic heterocycles. The van der Waals surface area contributed by atoms with Crippen LogP contribution in [0.2, 0.25) is 5.02 Å². The van der Waals surface area contributed by atoms with Crippen molar-refractivity contribution in [3.05, 3.63) is 34.3 Å². The van der Waals surface area contributed by atoms with Crippen LogP contribution in [0.4, 0.5) is 0 Å². The van der Waals surface area contributed by atoms with Crippen LogP contribution < -0.4 is 0 Å². The number of halogens is 1. The Labute approximate surface area is 96.2 Å². The van der Waals surface area contributed by atoms with Gasteiger partial charge in [0.2, 0.25) is 0 Å². The first-order valence-corrected chi connectivity index (χ1v) is 5.66. The van der Waals surface area contributed by atoms with Gasteiger partial charge in [0.05, 0.1) is 6.04 Å². The van der Waals surface area contributed by atoms with Gasteiger partial charge in [-0.1, -0.05) is 38.4 Å². The van der Waals surface area contributed by atoms with Gasteiger partial charge in [-0.25, -0.2) is 0 Å². The van der Waals surface area contributed by atoms with E-state index in [4.69, 9.17) is 11.6 Å². The molecule has 1 unspecified atom stereocenters. The van der Waals surface area contributed by atoms with Crippen LogP contribution in [0, 0.1) is 5.41 Å². The molecular formula is C13H16ClN. The molecule has 0 amide bonds. The van der Waals surface area contributed by atoms with E-state index < -0.39 is 0 Å². The zero-order chi connectivity index (χ0) is 11.1. The van der Waals surface area contributed by atoms with Crippen LogP contribution in [0.3, 0.4) is 0 Å². The normalized spacial score (nSPS) is 20.1. The van der Waals surface area contributed by atoms with E-state index in [-0.39, 0.29) is 5.41 Å². The number of hydrogen-bond donors (Lipinski definition) is 0. The summed E-state index contributed by atoms with van der Waals surface area (Å²) in [5.74, 6) is 0. The van der Waals surface area contributed by atoms with Crippen molar-refractivity contribution in [3.8, 4) is 0 Å². The maximum atomic E-state index is 5.99. The van der Waals surface area contributed by atoms with Crippen molar-refractivity contribution in [1.29, 1.82) is 0 Å². The van der Waals surface area contributed by atoms with Crippen molar-refractivity contribution in [2.45, 2.75) is 33.2 Å². The summed E-state index contributed by atoms with van der Waals surface area (Å²) in [6.45, 7) is 6.68. The number of aliphatic imine (C=N–C) groups is 1. The molecule has 0 N–H and O–H groups in total. The molecule has 0 aliphatic carbocycles. The molecule has 0 saturated heterocycles. The van der Waals surface area contributed by atoms with Gasteiger partial charge in [0, 0.05) is 11.2 Å². The largest absolute Gasteiger partial charge is 0.288 e. The molecule has 1 aliphatic rings. The van der Waals surface area contributed by atoms with E-state index in [1.54, 1.807) is 0 Å². The van der Waals surface area contributed by atoms with E-state index in [1.165, 1.54) is 11.1 Å². The fourth-order valence-electron chi connectivity index (χ4n) is 1.84. The SMILES string of the molecule is CC(C)(C)C1Cc2cc(Cl)ccc2C=N1. The average molecular weight is 222 g/mol. The second-order valence-corrected chi connectivity index (χ2v) is 5.64. The molecule has 80 valence electrons. The summed E-state index contributed by atoms with van der Waals surface area (Å²) in [5.41, 5.74) is 2.74. The molecule has 0 spiro atoms. The van der Waals surface area contributed by atoms with E-state index in [0.717, 1.165) is 11.4 Å². The third-order valence-electron chi connectivity index (χ3n) is 2.91. The molecule has 1 nitrogen and oxygen atoms in total. The van der Waals surface area contributed by atoms with Gasteiger partial charge in [-0.3, -0.25) is 4.99 Å². The number of rotatable bonds is 0. The number of fused-ring (bicyclic) bond motifs is 1. The molecule has 2 heteroatoms. The minimum atomic E-state index is 0.219. The second-order valence-electron chi connectivity index (χ2n) is 5.21. The topological polar surface area (TPSA) is 12.4 Å². The summed E-state index contributed by atoms with van der Waals surface area (Å²) >= 11 is 5.99. The summed E-state index contributed by atoms with van der Waals surface area (Å²) in [4.78, 5) is 4.60. The standard InChI is InChI=1S/C13H16ClN/c1-13(2,3)12-7-10-6-11(14)5-4-9(10)8-15-12/h4-6,8,12H,7H2,1-3H3. The highest BCUT2D eigenvalue weighted by Gasteiger charge is 2.26. The zero-order valence-electron chi connectivity index (χ0n) is 9.42. The van der Waals surface area contributed by atoms with Gasteiger partial charge in [0.15, 0.2) is 0 Å². The maximum Gasteiger partial charge on any atom is 0.0588 e. The monoisotopic (exact) mass is 221 g/mol. The van der Waals surface area contributed by atoms with Crippen molar-refractivity contribution in [2.75, 3.05) is 0 Å². The Morgan fingerprint density at radius 3 is 2.73 bits per heavy atom. The van der Waals surface area contributed by atoms with Gasteiger partial charge in [-0.05, 0) is 35.1 Å². The summed E-state index contributed by atoms with van der Waals surface area (Å²) in [6.07, 6.45) is 2.97. The molecule has 0 fully saturated rings. The number of benzene rings is 1. The lowest BCUT2D eigenvalue weighted by molar-refractivity contribution is 0.319. The predicted octanol–water partition coefficient (Wildman–Crippen LogP) is 3.73. The Hall–Kier alpha value is -0.820. The van der Waals surface area contributed by atoms with Gasteiger partial charge < -0.3 is 0 Å². The van der Waals surface area contributed by atoms with Crippen LogP contribution in [0.1, 0.15) is 31.9 Å². The lowest BCUT2D eigenvalue weighted by Crippen LogP contribution is -2.29. The molecular weight excluding hydrogens is 206 g/mol. The second kappa shape index (κ2) is 3.64. The maximum absolute atomic E-state index is 5.99. The fraction of sp³-hybridized carbons (Fsp3) is 0.462. The van der Waals surface area contributed by atoms with Gasteiger partial charge in [0.25, 0.3) is 0 Å². The molecule has 0 bridgehead atoms. The smallest absolute Gasteiger partial charge is 0.0588 e. The van der Waals surface area contributed by atoms with Crippen molar-refractivity contribution in [1.82, 2.24) is 0 Å². The predicted molar refractivity (Wildman–Crippen MR) is 66.0 cm³/mol. The molecule has 1 heterocycles. The van der Waals surface area contributed by atoms with E-state index in [9.17, 15) is 0 Å². The van der Waals surface area contributed by atoms with Crippen LogP contribution in [0.25, 0.3) is 0 Å². The van der Waals surface area contributed by atoms with Crippen LogP contribution in [-0.2, 0) is 6.42 Å². The van der Waals surface area contributed by atoms with Gasteiger partial charge in [-0.2, -0.15) is 0 Å². The van der Waals surface area contributed by atoms with Gasteiger partial charge in [0.1, 0.15) is 0 Å². The molecule has 1 aromatic rings. The van der Waals surface area contributed by atoms with E-state index in [2.05, 4.69) is 31.8 Å². The Bertz CT molecular complexity index is 401. The van der Waals surface area contributed by atoms with Crippen molar-refractivity contribution in [2.24, 2.45) is 10.4 Å². The van der Waals surface area contributed by atoms with E-state index in [1.807, 2.05) is 18.3 Å². The third kappa shape index (κ3) is 2.23. The molecule has 15 heavy (non-hydrogen) atoms. The first-order chi connectivity index (χ1) is 6.97. The highest BCUT2D eigenvalue weighted by Crippen LogP contribution is 2.30. The van der Waals surface area contributed by atoms with E-state index >= 15 is 0 Å². The Balaban J connectivity index is 2.33. The van der Waals surface area contributed by atoms with Crippen molar-refractivity contribution in [3.63, 3.8) is 0 Å². The quantitative estimate of drug-likeness (QED) is 0.633. The first-order valence-electron chi connectivity index (χ1n) is 5.28. The fourth-order valence-corrected chi connectivity index (χ4v) is 2.03. The molecule has 0 radical (unpaired) electrons.